The van der Waals surface area contributed by atoms with Crippen LogP contribution in [-0.2, 0) is 4.79 Å². The van der Waals surface area contributed by atoms with Crippen LogP contribution < -0.4 is 10.1 Å². The monoisotopic (exact) mass is 340 g/mol. The van der Waals surface area contributed by atoms with Crippen LogP contribution in [0.3, 0.4) is 0 Å². The van der Waals surface area contributed by atoms with Crippen molar-refractivity contribution in [3.05, 3.63) is 28.7 Å². The summed E-state index contributed by atoms with van der Waals surface area (Å²) in [4.78, 5) is 13.5. The molecule has 0 atom stereocenters. The Morgan fingerprint density at radius 2 is 2.10 bits per heavy atom. The van der Waals surface area contributed by atoms with Crippen molar-refractivity contribution in [1.29, 1.82) is 0 Å². The van der Waals surface area contributed by atoms with Crippen LogP contribution in [0.4, 0.5) is 0 Å². The van der Waals surface area contributed by atoms with E-state index in [9.17, 15) is 4.79 Å². The highest BCUT2D eigenvalue weighted by Crippen LogP contribution is 2.27. The van der Waals surface area contributed by atoms with Crippen molar-refractivity contribution in [2.24, 2.45) is 5.92 Å². The van der Waals surface area contributed by atoms with Gasteiger partial charge in [-0.3, -0.25) is 4.79 Å². The normalized spacial score (nSPS) is 14.1. The number of likely N-dealkylation sites (N-methyl/N-ethyl adjacent to an activating group) is 1. The summed E-state index contributed by atoms with van der Waals surface area (Å²) in [5.41, 5.74) is 0. The molecule has 110 valence electrons. The summed E-state index contributed by atoms with van der Waals surface area (Å²) < 4.78 is 6.63. The highest BCUT2D eigenvalue weighted by Gasteiger charge is 2.20. The van der Waals surface area contributed by atoms with Gasteiger partial charge in [-0.2, -0.15) is 0 Å². The van der Waals surface area contributed by atoms with Crippen molar-refractivity contribution in [2.45, 2.75) is 12.8 Å². The fourth-order valence-corrected chi connectivity index (χ4v) is 2.06. The maximum atomic E-state index is 11.8. The number of ether oxygens (including phenoxy) is 1. The summed E-state index contributed by atoms with van der Waals surface area (Å²) in [7, 11) is 1.81. The second-order valence-corrected chi connectivity index (χ2v) is 6.11. The molecule has 0 heterocycles. The Hall–Kier alpha value is -1.07. The molecular weight excluding hydrogens is 320 g/mol. The van der Waals surface area contributed by atoms with Gasteiger partial charge in [0.05, 0.1) is 13.1 Å². The van der Waals surface area contributed by atoms with E-state index in [2.05, 4.69) is 21.2 Å². The van der Waals surface area contributed by atoms with Crippen LogP contribution in [-0.4, -0.2) is 44.1 Å². The molecule has 0 bridgehead atoms. The zero-order valence-corrected chi connectivity index (χ0v) is 13.4. The van der Waals surface area contributed by atoms with E-state index in [1.54, 1.807) is 4.90 Å². The predicted octanol–water partition coefficient (Wildman–Crippen LogP) is 2.29. The van der Waals surface area contributed by atoms with E-state index >= 15 is 0 Å². The number of benzene rings is 1. The summed E-state index contributed by atoms with van der Waals surface area (Å²) in [5, 5.41) is 3.21. The predicted molar refractivity (Wildman–Crippen MR) is 82.9 cm³/mol. The zero-order valence-electron chi connectivity index (χ0n) is 11.8. The minimum atomic E-state index is 0.116. The molecule has 1 amide bonds. The second-order valence-electron chi connectivity index (χ2n) is 5.19. The second kappa shape index (κ2) is 7.64. The fraction of sp³-hybridized carbons (Fsp3) is 0.533. The number of rotatable bonds is 8. The smallest absolute Gasteiger partial charge is 0.236 e. The van der Waals surface area contributed by atoms with Crippen LogP contribution in [0.5, 0.6) is 5.75 Å². The molecule has 0 spiro atoms. The molecule has 1 N–H and O–H groups in total. The van der Waals surface area contributed by atoms with Gasteiger partial charge in [-0.1, -0.05) is 15.9 Å². The van der Waals surface area contributed by atoms with Gasteiger partial charge in [0.1, 0.15) is 12.4 Å². The first-order valence-corrected chi connectivity index (χ1v) is 7.77. The maximum Gasteiger partial charge on any atom is 0.236 e. The SMILES string of the molecule is CN(CCOc1ccc(Br)cc1)C(=O)CNCC1CC1. The molecule has 1 aliphatic carbocycles. The first-order chi connectivity index (χ1) is 9.65. The highest BCUT2D eigenvalue weighted by molar-refractivity contribution is 9.10. The minimum Gasteiger partial charge on any atom is -0.492 e. The van der Waals surface area contributed by atoms with Crippen LogP contribution in [0.1, 0.15) is 12.8 Å². The highest BCUT2D eigenvalue weighted by atomic mass is 79.9. The fourth-order valence-electron chi connectivity index (χ4n) is 1.80. The Morgan fingerprint density at radius 3 is 2.75 bits per heavy atom. The number of nitrogens with one attached hydrogen (secondary N) is 1. The first-order valence-electron chi connectivity index (χ1n) is 6.98. The van der Waals surface area contributed by atoms with E-state index in [-0.39, 0.29) is 5.91 Å². The zero-order chi connectivity index (χ0) is 14.4. The molecule has 1 aromatic rings. The molecule has 1 aromatic carbocycles. The largest absolute Gasteiger partial charge is 0.492 e. The molecule has 1 saturated carbocycles. The lowest BCUT2D eigenvalue weighted by molar-refractivity contribution is -0.129. The van der Waals surface area contributed by atoms with Gasteiger partial charge in [-0.15, -0.1) is 0 Å². The maximum absolute atomic E-state index is 11.8. The van der Waals surface area contributed by atoms with E-state index in [1.807, 2.05) is 31.3 Å². The molecule has 0 radical (unpaired) electrons. The van der Waals surface area contributed by atoms with Gasteiger partial charge in [0.25, 0.3) is 0 Å². The van der Waals surface area contributed by atoms with Gasteiger partial charge in [0.2, 0.25) is 5.91 Å². The van der Waals surface area contributed by atoms with Gasteiger partial charge in [0, 0.05) is 11.5 Å². The molecule has 2 rings (SSSR count). The standard InChI is InChI=1S/C15H21BrN2O2/c1-18(15(19)11-17-10-12-2-3-12)8-9-20-14-6-4-13(16)5-7-14/h4-7,12,17H,2-3,8-11H2,1H3. The Labute approximate surface area is 128 Å². The molecule has 20 heavy (non-hydrogen) atoms. The number of amides is 1. The van der Waals surface area contributed by atoms with Crippen molar-refractivity contribution in [3.63, 3.8) is 0 Å². The Morgan fingerprint density at radius 1 is 1.40 bits per heavy atom. The van der Waals surface area contributed by atoms with Crippen LogP contribution >= 0.6 is 15.9 Å². The van der Waals surface area contributed by atoms with Crippen molar-refractivity contribution in [2.75, 3.05) is 33.3 Å². The van der Waals surface area contributed by atoms with Gasteiger partial charge in [0.15, 0.2) is 0 Å². The third-order valence-electron chi connectivity index (χ3n) is 3.34. The van der Waals surface area contributed by atoms with Crippen LogP contribution in [0.15, 0.2) is 28.7 Å². The summed E-state index contributed by atoms with van der Waals surface area (Å²) in [6.07, 6.45) is 2.61. The molecule has 1 aliphatic rings. The van der Waals surface area contributed by atoms with Gasteiger partial charge >= 0.3 is 0 Å². The number of halogens is 1. The van der Waals surface area contributed by atoms with E-state index in [0.29, 0.717) is 19.7 Å². The first kappa shape index (κ1) is 15.3. The molecule has 0 aromatic heterocycles. The Kier molecular flexibility index (Phi) is 5.86. The number of hydrogen-bond donors (Lipinski definition) is 1. The van der Waals surface area contributed by atoms with Crippen LogP contribution in [0.2, 0.25) is 0 Å². The van der Waals surface area contributed by atoms with Gasteiger partial charge in [-0.25, -0.2) is 0 Å². The topological polar surface area (TPSA) is 41.6 Å². The minimum absolute atomic E-state index is 0.116. The summed E-state index contributed by atoms with van der Waals surface area (Å²) in [6, 6.07) is 7.68. The lowest BCUT2D eigenvalue weighted by atomic mass is 10.3. The quantitative estimate of drug-likeness (QED) is 0.789. The van der Waals surface area contributed by atoms with Crippen molar-refractivity contribution >= 4 is 21.8 Å². The third-order valence-corrected chi connectivity index (χ3v) is 3.87. The molecule has 4 nitrogen and oxygen atoms in total. The summed E-state index contributed by atoms with van der Waals surface area (Å²) >= 11 is 3.38. The summed E-state index contributed by atoms with van der Waals surface area (Å²) in [5.74, 6) is 1.74. The van der Waals surface area contributed by atoms with E-state index < -0.39 is 0 Å². The van der Waals surface area contributed by atoms with E-state index in [4.69, 9.17) is 4.74 Å². The van der Waals surface area contributed by atoms with Crippen LogP contribution in [0, 0.1) is 5.92 Å². The molecule has 0 unspecified atom stereocenters. The van der Waals surface area contributed by atoms with Crippen molar-refractivity contribution in [1.82, 2.24) is 10.2 Å². The van der Waals surface area contributed by atoms with E-state index in [1.165, 1.54) is 12.8 Å². The lowest BCUT2D eigenvalue weighted by Gasteiger charge is -2.17. The number of hydrogen-bond acceptors (Lipinski definition) is 3. The number of nitrogens with zero attached hydrogens (tertiary/aromatic N) is 1. The van der Waals surface area contributed by atoms with Gasteiger partial charge < -0.3 is 15.0 Å². The Bertz CT molecular complexity index is 432. The molecule has 1 fully saturated rings. The molecular formula is C15H21BrN2O2. The average molecular weight is 341 g/mol. The summed E-state index contributed by atoms with van der Waals surface area (Å²) in [6.45, 7) is 2.49. The number of carbonyl (C=O) groups excluding carboxylic acids is 1. The molecule has 0 saturated heterocycles. The molecule has 0 aliphatic heterocycles. The lowest BCUT2D eigenvalue weighted by Crippen LogP contribution is -2.38. The Balaban J connectivity index is 1.59. The van der Waals surface area contributed by atoms with Crippen molar-refractivity contribution < 1.29 is 9.53 Å². The molecule has 5 heteroatoms. The third kappa shape index (κ3) is 5.51. The van der Waals surface area contributed by atoms with Gasteiger partial charge in [-0.05, 0) is 49.6 Å². The van der Waals surface area contributed by atoms with Crippen LogP contribution in [0.25, 0.3) is 0 Å². The van der Waals surface area contributed by atoms with E-state index in [0.717, 1.165) is 22.7 Å². The van der Waals surface area contributed by atoms with Crippen molar-refractivity contribution in [3.8, 4) is 5.75 Å². The number of carbonyl (C=O) groups is 1. The average Bonchev–Trinajstić information content (AvgIpc) is 3.25.